The monoisotopic (exact) mass is 536 g/mol. The zero-order valence-corrected chi connectivity index (χ0v) is 24.2. The Morgan fingerprint density at radius 1 is 0.975 bits per heavy atom. The van der Waals surface area contributed by atoms with E-state index in [1.165, 1.54) is 4.90 Å². The molecule has 1 unspecified atom stereocenters. The molecule has 0 saturated carbocycles. The molecule has 206 valence electrons. The highest BCUT2D eigenvalue weighted by Gasteiger charge is 2.48. The number of aliphatic hydroxyl groups excluding tert-OH is 1. The minimum atomic E-state index is -0.818. The third-order valence-corrected chi connectivity index (χ3v) is 7.51. The average Bonchev–Trinajstić information content (AvgIpc) is 3.34. The van der Waals surface area contributed by atoms with Crippen molar-refractivity contribution in [2.75, 3.05) is 11.5 Å². The number of nitrogens with one attached hydrogen (secondary N) is 1. The van der Waals surface area contributed by atoms with Crippen molar-refractivity contribution in [1.29, 1.82) is 0 Å². The molecule has 6 nitrogen and oxygen atoms in total. The van der Waals surface area contributed by atoms with Crippen molar-refractivity contribution in [3.05, 3.63) is 99.7 Å². The molecule has 1 aliphatic rings. The van der Waals surface area contributed by atoms with E-state index in [1.807, 2.05) is 82.3 Å². The van der Waals surface area contributed by atoms with Gasteiger partial charge in [-0.15, -0.1) is 0 Å². The molecule has 1 atom stereocenters. The molecule has 40 heavy (non-hydrogen) atoms. The molecular formula is C34H36N2O4. The molecule has 1 saturated heterocycles. The van der Waals surface area contributed by atoms with E-state index in [9.17, 15) is 14.7 Å². The van der Waals surface area contributed by atoms with Gasteiger partial charge in [0.15, 0.2) is 0 Å². The van der Waals surface area contributed by atoms with Crippen molar-refractivity contribution in [3.8, 4) is 5.75 Å². The van der Waals surface area contributed by atoms with Crippen molar-refractivity contribution in [1.82, 2.24) is 4.98 Å². The summed E-state index contributed by atoms with van der Waals surface area (Å²) in [6, 6.07) is 18.3. The Kier molecular flexibility index (Phi) is 6.82. The Bertz CT molecular complexity index is 1670. The van der Waals surface area contributed by atoms with Crippen LogP contribution in [0.25, 0.3) is 16.7 Å². The van der Waals surface area contributed by atoms with E-state index >= 15 is 0 Å². The number of nitrogens with zero attached hydrogens (tertiary/aromatic N) is 1. The molecule has 2 N–H and O–H groups in total. The van der Waals surface area contributed by atoms with E-state index in [0.29, 0.717) is 17.9 Å². The fourth-order valence-corrected chi connectivity index (χ4v) is 5.81. The van der Waals surface area contributed by atoms with Gasteiger partial charge in [-0.25, -0.2) is 0 Å². The van der Waals surface area contributed by atoms with E-state index < -0.39 is 17.7 Å². The maximum absolute atomic E-state index is 13.8. The van der Waals surface area contributed by atoms with Crippen LogP contribution in [0.5, 0.6) is 5.75 Å². The van der Waals surface area contributed by atoms with E-state index in [-0.39, 0.29) is 16.7 Å². The fourth-order valence-electron chi connectivity index (χ4n) is 5.81. The van der Waals surface area contributed by atoms with Crippen molar-refractivity contribution in [2.45, 2.75) is 59.9 Å². The first-order valence-electron chi connectivity index (χ1n) is 13.7. The summed E-state index contributed by atoms with van der Waals surface area (Å²) in [5, 5.41) is 12.8. The summed E-state index contributed by atoms with van der Waals surface area (Å²) >= 11 is 0. The number of hydrogen-bond donors (Lipinski definition) is 2. The van der Waals surface area contributed by atoms with Crippen molar-refractivity contribution < 1.29 is 19.4 Å². The van der Waals surface area contributed by atoms with E-state index in [1.54, 1.807) is 6.07 Å². The zero-order valence-electron chi connectivity index (χ0n) is 24.2. The Morgan fingerprint density at radius 3 is 2.30 bits per heavy atom. The minimum Gasteiger partial charge on any atom is -0.507 e. The van der Waals surface area contributed by atoms with Crippen molar-refractivity contribution in [3.63, 3.8) is 0 Å². The molecule has 3 aromatic carbocycles. The molecule has 0 spiro atoms. The largest absolute Gasteiger partial charge is 0.507 e. The van der Waals surface area contributed by atoms with Gasteiger partial charge in [0.05, 0.1) is 18.2 Å². The van der Waals surface area contributed by atoms with Gasteiger partial charge in [0.2, 0.25) is 0 Å². The fraction of sp³-hybridized carbons (Fsp3) is 0.294. The van der Waals surface area contributed by atoms with Gasteiger partial charge >= 0.3 is 0 Å². The second-order valence-electron chi connectivity index (χ2n) is 11.6. The third-order valence-electron chi connectivity index (χ3n) is 7.51. The lowest BCUT2D eigenvalue weighted by Crippen LogP contribution is -2.29. The number of rotatable bonds is 5. The van der Waals surface area contributed by atoms with Crippen LogP contribution in [0.3, 0.4) is 0 Å². The quantitative estimate of drug-likeness (QED) is 0.158. The Labute approximate surface area is 235 Å². The lowest BCUT2D eigenvalue weighted by atomic mass is 9.84. The summed E-state index contributed by atoms with van der Waals surface area (Å²) < 4.78 is 5.87. The second kappa shape index (κ2) is 10.0. The summed E-state index contributed by atoms with van der Waals surface area (Å²) in [4.78, 5) is 32.6. The number of carbonyl (C=O) groups is 2. The van der Waals surface area contributed by atoms with Gasteiger partial charge in [-0.05, 0) is 80.6 Å². The number of H-pyrrole nitrogens is 1. The van der Waals surface area contributed by atoms with Crippen LogP contribution in [0.4, 0.5) is 5.69 Å². The number of aliphatic hydroxyl groups is 1. The number of carbonyl (C=O) groups excluding carboxylic acids is 2. The summed E-state index contributed by atoms with van der Waals surface area (Å²) in [6.07, 6.45) is 0. The van der Waals surface area contributed by atoms with Gasteiger partial charge in [0.25, 0.3) is 11.7 Å². The molecule has 1 fully saturated rings. The van der Waals surface area contributed by atoms with Crippen LogP contribution in [0, 0.1) is 20.8 Å². The number of ether oxygens (including phenoxy) is 1. The number of ketones is 1. The van der Waals surface area contributed by atoms with Crippen molar-refractivity contribution >= 4 is 34.0 Å². The number of aromatic amines is 1. The highest BCUT2D eigenvalue weighted by molar-refractivity contribution is 6.52. The lowest BCUT2D eigenvalue weighted by Gasteiger charge is -2.27. The second-order valence-corrected chi connectivity index (χ2v) is 11.6. The van der Waals surface area contributed by atoms with Gasteiger partial charge in [0.1, 0.15) is 11.5 Å². The molecule has 1 amide bonds. The topological polar surface area (TPSA) is 82.6 Å². The van der Waals surface area contributed by atoms with E-state index in [2.05, 4.69) is 25.8 Å². The maximum Gasteiger partial charge on any atom is 0.300 e. The average molecular weight is 537 g/mol. The predicted octanol–water partition coefficient (Wildman–Crippen LogP) is 7.42. The van der Waals surface area contributed by atoms with Gasteiger partial charge in [-0.3, -0.25) is 14.5 Å². The molecule has 5 rings (SSSR count). The SMILES string of the molecule is CCOc1ccc(/C(O)=C2\C(=O)C(=O)N(c3cc(C)cc(C)c3)C2c2c(C)[nH]c3ccccc23)cc1C(C)(C)C. The normalized spacial score (nSPS) is 17.2. The first-order valence-corrected chi connectivity index (χ1v) is 13.7. The van der Waals surface area contributed by atoms with Crippen LogP contribution in [-0.4, -0.2) is 28.4 Å². The smallest absolute Gasteiger partial charge is 0.300 e. The number of aryl methyl sites for hydroxylation is 3. The third kappa shape index (κ3) is 4.57. The standard InChI is InChI=1S/C34H36N2O4/c1-8-40-27-14-13-22(18-25(27)34(5,6)7)31(37)29-30(28-21(4)35-26-12-10-9-11-24(26)28)36(33(39)32(29)38)23-16-19(2)15-20(3)17-23/h9-18,30,35,37H,8H2,1-7H3/b31-29+. The van der Waals surface area contributed by atoms with Crippen LogP contribution >= 0.6 is 0 Å². The van der Waals surface area contributed by atoms with Crippen LogP contribution in [0.15, 0.2) is 66.2 Å². The van der Waals surface area contributed by atoms with Gasteiger partial charge in [0, 0.05) is 39.0 Å². The number of para-hydroxylation sites is 1. The Balaban J connectivity index is 1.81. The summed E-state index contributed by atoms with van der Waals surface area (Å²) in [7, 11) is 0. The molecular weight excluding hydrogens is 500 g/mol. The van der Waals surface area contributed by atoms with Crippen molar-refractivity contribution in [2.24, 2.45) is 0 Å². The summed E-state index contributed by atoms with van der Waals surface area (Å²) in [6.45, 7) is 14.5. The Hall–Kier alpha value is -4.32. The van der Waals surface area contributed by atoms with E-state index in [4.69, 9.17) is 4.74 Å². The molecule has 1 aliphatic heterocycles. The first-order chi connectivity index (χ1) is 18.9. The maximum atomic E-state index is 13.8. The minimum absolute atomic E-state index is 0.0704. The van der Waals surface area contributed by atoms with Gasteiger partial charge < -0.3 is 14.8 Å². The lowest BCUT2D eigenvalue weighted by molar-refractivity contribution is -0.132. The highest BCUT2D eigenvalue weighted by Crippen LogP contribution is 2.46. The zero-order chi connectivity index (χ0) is 28.9. The van der Waals surface area contributed by atoms with Crippen LogP contribution in [0.1, 0.15) is 67.2 Å². The summed E-state index contributed by atoms with van der Waals surface area (Å²) in [5.74, 6) is -0.847. The molecule has 2 heterocycles. The van der Waals surface area contributed by atoms with Crippen LogP contribution in [0.2, 0.25) is 0 Å². The van der Waals surface area contributed by atoms with Crippen LogP contribution < -0.4 is 9.64 Å². The molecule has 1 aromatic heterocycles. The number of amides is 1. The van der Waals surface area contributed by atoms with Gasteiger partial charge in [-0.2, -0.15) is 0 Å². The number of hydrogen-bond acceptors (Lipinski definition) is 4. The molecule has 0 bridgehead atoms. The molecule has 6 heteroatoms. The summed E-state index contributed by atoms with van der Waals surface area (Å²) in [5.41, 5.74) is 6.26. The first kappa shape index (κ1) is 27.3. The number of benzene rings is 3. The van der Waals surface area contributed by atoms with Gasteiger partial charge in [-0.1, -0.05) is 45.0 Å². The number of aromatic nitrogens is 1. The molecule has 4 aromatic rings. The Morgan fingerprint density at radius 2 is 1.65 bits per heavy atom. The number of anilines is 1. The molecule has 0 aliphatic carbocycles. The van der Waals surface area contributed by atoms with Crippen LogP contribution in [-0.2, 0) is 15.0 Å². The number of Topliss-reactive ketones (excluding diaryl/α,β-unsaturated/α-hetero) is 1. The highest BCUT2D eigenvalue weighted by atomic mass is 16.5. The predicted molar refractivity (Wildman–Crippen MR) is 160 cm³/mol. The molecule has 0 radical (unpaired) electrons. The van der Waals surface area contributed by atoms with E-state index in [0.717, 1.165) is 44.6 Å². The number of fused-ring (bicyclic) bond motifs is 1.